The number of hydrogen-bond acceptors (Lipinski definition) is 9. The first kappa shape index (κ1) is 23.0. The Morgan fingerprint density at radius 3 is 2.41 bits per heavy atom. The molecule has 0 unspecified atom stereocenters. The number of likely N-dealkylation sites (tertiary alicyclic amines) is 1. The van der Waals surface area contributed by atoms with Crippen molar-refractivity contribution in [3.05, 3.63) is 35.9 Å². The third-order valence-corrected chi connectivity index (χ3v) is 7.89. The molecule has 11 nitrogen and oxygen atoms in total. The minimum absolute atomic E-state index is 0.617. The predicted molar refractivity (Wildman–Crippen MR) is 140 cm³/mol. The van der Waals surface area contributed by atoms with Gasteiger partial charge in [0.05, 0.1) is 44.0 Å². The van der Waals surface area contributed by atoms with Gasteiger partial charge in [0.25, 0.3) is 0 Å². The molecule has 3 fully saturated rings. The molecule has 4 aromatic rings. The van der Waals surface area contributed by atoms with Crippen LogP contribution in [0.1, 0.15) is 11.6 Å². The number of aromatic nitrogens is 6. The van der Waals surface area contributed by atoms with Crippen molar-refractivity contribution in [1.29, 1.82) is 0 Å². The van der Waals surface area contributed by atoms with Crippen LogP contribution in [0, 0.1) is 6.92 Å². The zero-order chi connectivity index (χ0) is 24.9. The lowest BCUT2D eigenvalue weighted by atomic mass is 10.1. The van der Waals surface area contributed by atoms with E-state index in [9.17, 15) is 0 Å². The van der Waals surface area contributed by atoms with E-state index >= 15 is 0 Å². The summed E-state index contributed by atoms with van der Waals surface area (Å²) < 4.78 is 15.3. The maximum atomic E-state index is 5.63. The fourth-order valence-corrected chi connectivity index (χ4v) is 5.76. The molecule has 6 heterocycles. The molecule has 0 radical (unpaired) electrons. The fraction of sp³-hybridized carbons (Fsp3) is 0.538. The van der Waals surface area contributed by atoms with E-state index in [0.717, 1.165) is 98.7 Å². The molecule has 0 atom stereocenters. The summed E-state index contributed by atoms with van der Waals surface area (Å²) in [5.74, 6) is 3.39. The zero-order valence-corrected chi connectivity index (χ0v) is 21.5. The molecule has 0 N–H and O–H groups in total. The van der Waals surface area contributed by atoms with Crippen LogP contribution < -0.4 is 4.90 Å². The highest BCUT2D eigenvalue weighted by atomic mass is 16.5. The molecule has 37 heavy (non-hydrogen) atoms. The average molecular weight is 504 g/mol. The molecule has 0 amide bonds. The third-order valence-electron chi connectivity index (χ3n) is 7.89. The standard InChI is InChI=1S/C26H33N9O2/c1-18-27-20-5-3-4-6-21(20)35(18)26-29-24-23(25(30-26)34-9-13-37-14-10-34)28-22(31(24)2)17-32-15-19(16-32)33-7-11-36-12-8-33/h3-6,19H,7-17H2,1-2H3. The molecule has 11 heteroatoms. The van der Waals surface area contributed by atoms with Crippen LogP contribution in [0.3, 0.4) is 0 Å². The Balaban J connectivity index is 1.25. The molecular formula is C26H33N9O2. The third kappa shape index (κ3) is 4.06. The Labute approximate surface area is 215 Å². The Hall–Kier alpha value is -3.12. The first-order valence-electron chi connectivity index (χ1n) is 13.2. The Kier molecular flexibility index (Phi) is 5.80. The maximum absolute atomic E-state index is 5.63. The minimum atomic E-state index is 0.617. The van der Waals surface area contributed by atoms with Gasteiger partial charge < -0.3 is 18.9 Å². The first-order chi connectivity index (χ1) is 18.2. The summed E-state index contributed by atoms with van der Waals surface area (Å²) in [5, 5.41) is 0. The van der Waals surface area contributed by atoms with Crippen LogP contribution in [0.4, 0.5) is 5.82 Å². The summed E-state index contributed by atoms with van der Waals surface area (Å²) in [5.41, 5.74) is 3.65. The van der Waals surface area contributed by atoms with Gasteiger partial charge in [-0.25, -0.2) is 9.97 Å². The van der Waals surface area contributed by atoms with E-state index in [0.29, 0.717) is 25.2 Å². The number of nitrogens with zero attached hydrogens (tertiary/aromatic N) is 9. The van der Waals surface area contributed by atoms with Crippen molar-refractivity contribution in [2.75, 3.05) is 70.6 Å². The monoisotopic (exact) mass is 503 g/mol. The number of anilines is 1. The van der Waals surface area contributed by atoms with Gasteiger partial charge in [0.15, 0.2) is 17.0 Å². The molecule has 0 spiro atoms. The van der Waals surface area contributed by atoms with Gasteiger partial charge in [-0.2, -0.15) is 9.97 Å². The van der Waals surface area contributed by atoms with Gasteiger partial charge in [0, 0.05) is 52.4 Å². The number of fused-ring (bicyclic) bond motifs is 2. The average Bonchev–Trinajstić information content (AvgIpc) is 3.41. The van der Waals surface area contributed by atoms with Crippen LogP contribution in [0.25, 0.3) is 28.1 Å². The van der Waals surface area contributed by atoms with E-state index in [-0.39, 0.29) is 0 Å². The van der Waals surface area contributed by atoms with E-state index in [1.165, 1.54) is 0 Å². The van der Waals surface area contributed by atoms with Gasteiger partial charge in [-0.05, 0) is 19.1 Å². The number of morpholine rings is 2. The topological polar surface area (TPSA) is 89.6 Å². The highest BCUT2D eigenvalue weighted by Crippen LogP contribution is 2.29. The fourth-order valence-electron chi connectivity index (χ4n) is 5.76. The van der Waals surface area contributed by atoms with Gasteiger partial charge in [0.1, 0.15) is 11.6 Å². The van der Waals surface area contributed by atoms with Gasteiger partial charge in [0.2, 0.25) is 5.95 Å². The molecule has 3 aliphatic heterocycles. The molecule has 194 valence electrons. The smallest absolute Gasteiger partial charge is 0.239 e. The molecule has 3 saturated heterocycles. The van der Waals surface area contributed by atoms with E-state index in [2.05, 4.69) is 32.4 Å². The summed E-state index contributed by atoms with van der Waals surface area (Å²) in [6.45, 7) is 11.6. The summed E-state index contributed by atoms with van der Waals surface area (Å²) >= 11 is 0. The number of hydrogen-bond donors (Lipinski definition) is 0. The molecule has 0 aliphatic carbocycles. The SMILES string of the molecule is Cc1nc2ccccc2n1-c1nc(N2CCOCC2)c2nc(CN3CC(N4CCOCC4)C3)n(C)c2n1. The van der Waals surface area contributed by atoms with E-state index in [1.807, 2.05) is 29.7 Å². The highest BCUT2D eigenvalue weighted by molar-refractivity contribution is 5.86. The van der Waals surface area contributed by atoms with Crippen LogP contribution in [0.2, 0.25) is 0 Å². The van der Waals surface area contributed by atoms with Gasteiger partial charge in [-0.1, -0.05) is 12.1 Å². The van der Waals surface area contributed by atoms with Gasteiger partial charge in [-0.15, -0.1) is 0 Å². The Morgan fingerprint density at radius 1 is 0.892 bits per heavy atom. The molecule has 1 aromatic carbocycles. The van der Waals surface area contributed by atoms with Crippen LogP contribution in [0.15, 0.2) is 24.3 Å². The number of para-hydroxylation sites is 2. The number of ether oxygens (including phenoxy) is 2. The summed E-state index contributed by atoms with van der Waals surface area (Å²) in [6.07, 6.45) is 0. The van der Waals surface area contributed by atoms with E-state index < -0.39 is 0 Å². The van der Waals surface area contributed by atoms with Crippen molar-refractivity contribution in [3.8, 4) is 5.95 Å². The van der Waals surface area contributed by atoms with Crippen molar-refractivity contribution in [2.45, 2.75) is 19.5 Å². The van der Waals surface area contributed by atoms with Crippen molar-refractivity contribution in [3.63, 3.8) is 0 Å². The predicted octanol–water partition coefficient (Wildman–Crippen LogP) is 1.36. The lowest BCUT2D eigenvalue weighted by Gasteiger charge is -2.46. The summed E-state index contributed by atoms with van der Waals surface area (Å²) in [7, 11) is 2.07. The molecule has 0 saturated carbocycles. The number of aryl methyl sites for hydroxylation is 2. The van der Waals surface area contributed by atoms with Crippen molar-refractivity contribution in [2.24, 2.45) is 7.05 Å². The van der Waals surface area contributed by atoms with Crippen LogP contribution in [-0.2, 0) is 23.1 Å². The maximum Gasteiger partial charge on any atom is 0.239 e. The summed E-state index contributed by atoms with van der Waals surface area (Å²) in [6, 6.07) is 8.75. The van der Waals surface area contributed by atoms with E-state index in [1.54, 1.807) is 0 Å². The second-order valence-electron chi connectivity index (χ2n) is 10.2. The lowest BCUT2D eigenvalue weighted by Crippen LogP contribution is -2.61. The van der Waals surface area contributed by atoms with Crippen molar-refractivity contribution < 1.29 is 9.47 Å². The van der Waals surface area contributed by atoms with Gasteiger partial charge >= 0.3 is 0 Å². The second-order valence-corrected chi connectivity index (χ2v) is 10.2. The second kappa shape index (κ2) is 9.32. The molecule has 3 aromatic heterocycles. The van der Waals surface area contributed by atoms with Crippen molar-refractivity contribution >= 4 is 28.0 Å². The molecule has 7 rings (SSSR count). The zero-order valence-electron chi connectivity index (χ0n) is 21.5. The van der Waals surface area contributed by atoms with Crippen LogP contribution in [-0.4, -0.2) is 111 Å². The molecule has 3 aliphatic rings. The first-order valence-corrected chi connectivity index (χ1v) is 13.2. The van der Waals surface area contributed by atoms with Crippen molar-refractivity contribution in [1.82, 2.24) is 38.9 Å². The number of benzene rings is 1. The minimum Gasteiger partial charge on any atom is -0.379 e. The Bertz CT molecular complexity index is 1430. The molecular weight excluding hydrogens is 470 g/mol. The van der Waals surface area contributed by atoms with E-state index in [4.69, 9.17) is 29.4 Å². The number of imidazole rings is 2. The lowest BCUT2D eigenvalue weighted by molar-refractivity contribution is -0.0352. The molecule has 0 bridgehead atoms. The van der Waals surface area contributed by atoms with Crippen LogP contribution >= 0.6 is 0 Å². The van der Waals surface area contributed by atoms with Crippen LogP contribution in [0.5, 0.6) is 0 Å². The Morgan fingerprint density at radius 2 is 1.62 bits per heavy atom. The van der Waals surface area contributed by atoms with Gasteiger partial charge in [-0.3, -0.25) is 14.4 Å². The quantitative estimate of drug-likeness (QED) is 0.401. The highest BCUT2D eigenvalue weighted by Gasteiger charge is 2.33. The largest absolute Gasteiger partial charge is 0.379 e. The normalized spacial score (nSPS) is 20.2. The summed E-state index contributed by atoms with van der Waals surface area (Å²) in [4.78, 5) is 27.3. The number of rotatable bonds is 5.